The molecule has 2 unspecified atom stereocenters. The van der Waals surface area contributed by atoms with E-state index in [4.69, 9.17) is 5.11 Å². The third-order valence-corrected chi connectivity index (χ3v) is 3.44. The lowest BCUT2D eigenvalue weighted by molar-refractivity contribution is -0.142. The van der Waals surface area contributed by atoms with Crippen molar-refractivity contribution in [2.75, 3.05) is 20.6 Å². The van der Waals surface area contributed by atoms with E-state index in [-0.39, 0.29) is 24.4 Å². The second-order valence-corrected chi connectivity index (χ2v) is 4.78. The first-order chi connectivity index (χ1) is 8.95. The van der Waals surface area contributed by atoms with Crippen molar-refractivity contribution >= 4 is 17.9 Å². The maximum absolute atomic E-state index is 11.9. The molecular formula is C12H21N3O4. The largest absolute Gasteiger partial charge is 0.481 e. The summed E-state index contributed by atoms with van der Waals surface area (Å²) >= 11 is 0. The van der Waals surface area contributed by atoms with Crippen molar-refractivity contribution in [3.05, 3.63) is 0 Å². The van der Waals surface area contributed by atoms with Gasteiger partial charge in [0.15, 0.2) is 0 Å². The van der Waals surface area contributed by atoms with Crippen LogP contribution in [0.3, 0.4) is 0 Å². The lowest BCUT2D eigenvalue weighted by Gasteiger charge is -2.23. The van der Waals surface area contributed by atoms with Crippen LogP contribution in [0, 0.1) is 5.92 Å². The molecule has 0 aromatic rings. The third-order valence-electron chi connectivity index (χ3n) is 3.44. The number of hydrogen-bond acceptors (Lipinski definition) is 3. The van der Waals surface area contributed by atoms with Gasteiger partial charge in [0, 0.05) is 33.1 Å². The van der Waals surface area contributed by atoms with Gasteiger partial charge in [-0.25, -0.2) is 4.79 Å². The Balaban J connectivity index is 2.41. The minimum Gasteiger partial charge on any atom is -0.481 e. The second-order valence-electron chi connectivity index (χ2n) is 4.78. The number of rotatable bonds is 5. The summed E-state index contributed by atoms with van der Waals surface area (Å²) in [4.78, 5) is 35.3. The lowest BCUT2D eigenvalue weighted by atomic mass is 10.0. The first-order valence-electron chi connectivity index (χ1n) is 6.40. The molecule has 0 radical (unpaired) electrons. The van der Waals surface area contributed by atoms with Crippen molar-refractivity contribution in [3.63, 3.8) is 0 Å². The van der Waals surface area contributed by atoms with Crippen LogP contribution in [0.25, 0.3) is 0 Å². The molecule has 0 heterocycles. The van der Waals surface area contributed by atoms with E-state index in [1.54, 1.807) is 14.1 Å². The molecule has 1 fully saturated rings. The summed E-state index contributed by atoms with van der Waals surface area (Å²) in [6, 6.07) is -0.644. The average Bonchev–Trinajstić information content (AvgIpc) is 2.83. The van der Waals surface area contributed by atoms with Crippen LogP contribution in [0.5, 0.6) is 0 Å². The molecule has 2 atom stereocenters. The van der Waals surface area contributed by atoms with Crippen LogP contribution in [-0.2, 0) is 9.59 Å². The van der Waals surface area contributed by atoms with Gasteiger partial charge in [-0.3, -0.25) is 9.59 Å². The van der Waals surface area contributed by atoms with Crippen LogP contribution in [0.2, 0.25) is 0 Å². The van der Waals surface area contributed by atoms with Crippen LogP contribution >= 0.6 is 0 Å². The Morgan fingerprint density at radius 3 is 2.58 bits per heavy atom. The van der Waals surface area contributed by atoms with Gasteiger partial charge in [0.1, 0.15) is 0 Å². The molecule has 3 amide bonds. The third kappa shape index (κ3) is 4.42. The van der Waals surface area contributed by atoms with Gasteiger partial charge >= 0.3 is 12.0 Å². The van der Waals surface area contributed by atoms with Crippen molar-refractivity contribution in [2.45, 2.75) is 31.7 Å². The summed E-state index contributed by atoms with van der Waals surface area (Å²) in [6.45, 7) is 0.302. The molecule has 1 rings (SSSR count). The second kappa shape index (κ2) is 6.96. The summed E-state index contributed by atoms with van der Waals surface area (Å²) < 4.78 is 0. The van der Waals surface area contributed by atoms with Gasteiger partial charge in [-0.1, -0.05) is 6.42 Å². The van der Waals surface area contributed by atoms with Crippen LogP contribution in [-0.4, -0.2) is 54.6 Å². The van der Waals surface area contributed by atoms with Crippen LogP contribution in [0.4, 0.5) is 4.79 Å². The summed E-state index contributed by atoms with van der Waals surface area (Å²) in [5.74, 6) is -1.50. The van der Waals surface area contributed by atoms with Crippen molar-refractivity contribution in [3.8, 4) is 0 Å². The molecule has 1 aliphatic rings. The Morgan fingerprint density at radius 1 is 1.32 bits per heavy atom. The van der Waals surface area contributed by atoms with Crippen LogP contribution in [0.1, 0.15) is 25.7 Å². The molecule has 0 spiro atoms. The number of aliphatic carboxylic acids is 1. The Bertz CT molecular complexity index is 359. The zero-order chi connectivity index (χ0) is 14.4. The number of carboxylic acids is 1. The Hall–Kier alpha value is -1.79. The Labute approximate surface area is 112 Å². The smallest absolute Gasteiger partial charge is 0.317 e. The highest BCUT2D eigenvalue weighted by Gasteiger charge is 2.34. The summed E-state index contributed by atoms with van der Waals surface area (Å²) in [5, 5.41) is 14.2. The predicted octanol–water partition coefficient (Wildman–Crippen LogP) is 0.0172. The maximum Gasteiger partial charge on any atom is 0.317 e. The average molecular weight is 271 g/mol. The predicted molar refractivity (Wildman–Crippen MR) is 68.6 cm³/mol. The molecule has 7 heteroatoms. The molecule has 19 heavy (non-hydrogen) atoms. The fourth-order valence-electron chi connectivity index (χ4n) is 2.19. The number of carbonyl (C=O) groups excluding carboxylic acids is 2. The zero-order valence-electron chi connectivity index (χ0n) is 11.3. The van der Waals surface area contributed by atoms with E-state index in [1.165, 1.54) is 4.90 Å². The first kappa shape index (κ1) is 15.3. The van der Waals surface area contributed by atoms with Gasteiger partial charge in [0.2, 0.25) is 5.91 Å². The van der Waals surface area contributed by atoms with Gasteiger partial charge in [-0.2, -0.15) is 0 Å². The summed E-state index contributed by atoms with van der Waals surface area (Å²) in [7, 11) is 3.13. The molecule has 0 aliphatic heterocycles. The van der Waals surface area contributed by atoms with Crippen molar-refractivity contribution < 1.29 is 19.5 Å². The summed E-state index contributed by atoms with van der Waals surface area (Å²) in [5.41, 5.74) is 0. The van der Waals surface area contributed by atoms with E-state index in [9.17, 15) is 14.4 Å². The molecule has 0 saturated heterocycles. The van der Waals surface area contributed by atoms with Gasteiger partial charge < -0.3 is 20.6 Å². The molecule has 7 nitrogen and oxygen atoms in total. The highest BCUT2D eigenvalue weighted by molar-refractivity contribution is 5.79. The molecule has 1 saturated carbocycles. The van der Waals surface area contributed by atoms with E-state index >= 15 is 0 Å². The SMILES string of the molecule is CNC(=O)CCN(C)C(=O)NC1CCCC1C(=O)O. The fraction of sp³-hybridized carbons (Fsp3) is 0.750. The number of hydrogen-bond donors (Lipinski definition) is 3. The topological polar surface area (TPSA) is 98.7 Å². The van der Waals surface area contributed by atoms with Crippen molar-refractivity contribution in [1.82, 2.24) is 15.5 Å². The quantitative estimate of drug-likeness (QED) is 0.656. The van der Waals surface area contributed by atoms with Gasteiger partial charge in [-0.05, 0) is 12.8 Å². The zero-order valence-corrected chi connectivity index (χ0v) is 11.3. The highest BCUT2D eigenvalue weighted by Crippen LogP contribution is 2.25. The molecule has 3 N–H and O–H groups in total. The highest BCUT2D eigenvalue weighted by atomic mass is 16.4. The molecule has 1 aliphatic carbocycles. The molecular weight excluding hydrogens is 250 g/mol. The van der Waals surface area contributed by atoms with E-state index in [0.717, 1.165) is 6.42 Å². The minimum absolute atomic E-state index is 0.135. The number of carboxylic acid groups (broad SMARTS) is 1. The van der Waals surface area contributed by atoms with Crippen LogP contribution in [0.15, 0.2) is 0 Å². The Kier molecular flexibility index (Phi) is 5.59. The molecule has 108 valence electrons. The number of nitrogens with one attached hydrogen (secondary N) is 2. The maximum atomic E-state index is 11.9. The molecule has 0 aromatic heterocycles. The Morgan fingerprint density at radius 2 is 2.00 bits per heavy atom. The van der Waals surface area contributed by atoms with Gasteiger partial charge in [0.05, 0.1) is 5.92 Å². The van der Waals surface area contributed by atoms with E-state index in [1.807, 2.05) is 0 Å². The van der Waals surface area contributed by atoms with E-state index < -0.39 is 11.9 Å². The normalized spacial score (nSPS) is 21.8. The monoisotopic (exact) mass is 271 g/mol. The lowest BCUT2D eigenvalue weighted by Crippen LogP contribution is -2.46. The van der Waals surface area contributed by atoms with Gasteiger partial charge in [-0.15, -0.1) is 0 Å². The van der Waals surface area contributed by atoms with Crippen molar-refractivity contribution in [1.29, 1.82) is 0 Å². The number of urea groups is 1. The van der Waals surface area contributed by atoms with Crippen molar-refractivity contribution in [2.24, 2.45) is 5.92 Å². The summed E-state index contributed by atoms with van der Waals surface area (Å²) in [6.07, 6.45) is 2.32. The number of nitrogens with zero attached hydrogens (tertiary/aromatic N) is 1. The van der Waals surface area contributed by atoms with E-state index in [2.05, 4.69) is 10.6 Å². The molecule has 0 aromatic carbocycles. The van der Waals surface area contributed by atoms with Crippen LogP contribution < -0.4 is 10.6 Å². The minimum atomic E-state index is -0.865. The number of carbonyl (C=O) groups is 3. The standard InChI is InChI=1S/C12H21N3O4/c1-13-10(16)6-7-15(2)12(19)14-9-5-3-4-8(9)11(17)18/h8-9H,3-7H2,1-2H3,(H,13,16)(H,14,19)(H,17,18). The molecule has 0 bridgehead atoms. The fourth-order valence-corrected chi connectivity index (χ4v) is 2.19. The first-order valence-corrected chi connectivity index (χ1v) is 6.40. The number of amides is 3. The van der Waals surface area contributed by atoms with E-state index in [0.29, 0.717) is 19.4 Å². The van der Waals surface area contributed by atoms with Gasteiger partial charge in [0.25, 0.3) is 0 Å².